The lowest BCUT2D eigenvalue weighted by Gasteiger charge is -2.42. The summed E-state index contributed by atoms with van der Waals surface area (Å²) < 4.78 is 41.9. The number of aryl methyl sites for hydroxylation is 1. The maximum Gasteiger partial charge on any atom is 0.244 e. The molecule has 1 N–H and O–H groups in total. The minimum atomic E-state index is -1.03. The van der Waals surface area contributed by atoms with Gasteiger partial charge in [0.25, 0.3) is 0 Å². The molecule has 2 aliphatic rings. The highest BCUT2D eigenvalue weighted by Gasteiger charge is 2.35. The second kappa shape index (κ2) is 9.58. The van der Waals surface area contributed by atoms with E-state index in [1.807, 2.05) is 30.5 Å². The van der Waals surface area contributed by atoms with Crippen molar-refractivity contribution in [3.8, 4) is 17.0 Å². The van der Waals surface area contributed by atoms with E-state index < -0.39 is 12.8 Å². The first-order chi connectivity index (χ1) is 17.6. The highest BCUT2D eigenvalue weighted by molar-refractivity contribution is 5.89. The van der Waals surface area contributed by atoms with E-state index in [2.05, 4.69) is 30.6 Å². The summed E-state index contributed by atoms with van der Waals surface area (Å²) in [5, 5.41) is 16.1. The van der Waals surface area contributed by atoms with Crippen molar-refractivity contribution in [2.45, 2.75) is 37.6 Å². The van der Waals surface area contributed by atoms with Crippen LogP contribution in [0, 0.1) is 0 Å². The van der Waals surface area contributed by atoms with Gasteiger partial charge in [-0.3, -0.25) is 9.29 Å². The highest BCUT2D eigenvalue weighted by atomic mass is 19.1. The summed E-state index contributed by atoms with van der Waals surface area (Å²) in [6.07, 6.45) is 1.83. The first-order valence-electron chi connectivity index (χ1n) is 12.2. The van der Waals surface area contributed by atoms with Crippen LogP contribution in [0.3, 0.4) is 0 Å². The number of hydrogen-bond acceptors (Lipinski definition) is 8. The molecular formula is C24H28F2N8O2. The molecule has 4 aromatic rings. The molecule has 0 bridgehead atoms. The summed E-state index contributed by atoms with van der Waals surface area (Å²) in [5.41, 5.74) is 4.05. The molecule has 6 rings (SSSR count). The standard InChI is InChI=1S/C24H28F2N8O2/c1-35-23-22-17(15-3-4-20-21(11-15)33(31-29-20)8-2-7-25)5-10-34(22)30-24(28-23)27-19-6-9-32(12-18(19)26)16-13-36-14-16/h3-5,10-11,16,18-19H,2,6-9,12-14H2,1H3,(H,27,30)/t18-,19+/m0/s1. The minimum absolute atomic E-state index is 0.318. The molecule has 0 unspecified atom stereocenters. The number of methoxy groups -OCH3 is 1. The lowest BCUT2D eigenvalue weighted by atomic mass is 10.0. The molecule has 0 spiro atoms. The second-order valence-electron chi connectivity index (χ2n) is 9.27. The quantitative estimate of drug-likeness (QED) is 0.396. The zero-order valence-electron chi connectivity index (χ0n) is 20.0. The van der Waals surface area contributed by atoms with Gasteiger partial charge in [0.2, 0.25) is 11.8 Å². The zero-order valence-corrected chi connectivity index (χ0v) is 20.0. The van der Waals surface area contributed by atoms with E-state index in [0.29, 0.717) is 62.5 Å². The van der Waals surface area contributed by atoms with Crippen LogP contribution in [-0.2, 0) is 11.3 Å². The number of benzene rings is 1. The first kappa shape index (κ1) is 23.0. The molecule has 12 heteroatoms. The highest BCUT2D eigenvalue weighted by Crippen LogP contribution is 2.33. The number of anilines is 1. The molecule has 5 heterocycles. The van der Waals surface area contributed by atoms with Crippen LogP contribution in [0.15, 0.2) is 30.5 Å². The maximum atomic E-state index is 15.0. The Bertz CT molecular complexity index is 1370. The Morgan fingerprint density at radius 2 is 2.14 bits per heavy atom. The molecule has 36 heavy (non-hydrogen) atoms. The van der Waals surface area contributed by atoms with Gasteiger partial charge in [-0.25, -0.2) is 13.6 Å². The third-order valence-corrected chi connectivity index (χ3v) is 7.03. The molecule has 1 aromatic carbocycles. The number of nitrogens with one attached hydrogen (secondary N) is 1. The van der Waals surface area contributed by atoms with Crippen LogP contribution in [0.4, 0.5) is 14.7 Å². The van der Waals surface area contributed by atoms with Crippen LogP contribution >= 0.6 is 0 Å². The Labute approximate surface area is 206 Å². The van der Waals surface area contributed by atoms with Gasteiger partial charge in [0.05, 0.1) is 44.6 Å². The van der Waals surface area contributed by atoms with E-state index in [9.17, 15) is 8.78 Å². The van der Waals surface area contributed by atoms with Gasteiger partial charge in [0.1, 0.15) is 17.2 Å². The smallest absolute Gasteiger partial charge is 0.244 e. The van der Waals surface area contributed by atoms with Crippen LogP contribution in [0.25, 0.3) is 27.7 Å². The molecule has 2 atom stereocenters. The summed E-state index contributed by atoms with van der Waals surface area (Å²) in [5.74, 6) is 0.703. The minimum Gasteiger partial charge on any atom is -0.479 e. The molecule has 2 fully saturated rings. The Hall–Kier alpha value is -3.38. The van der Waals surface area contributed by atoms with E-state index in [-0.39, 0.29) is 6.04 Å². The zero-order chi connectivity index (χ0) is 24.6. The van der Waals surface area contributed by atoms with E-state index in [4.69, 9.17) is 9.47 Å². The van der Waals surface area contributed by atoms with Crippen LogP contribution in [-0.4, -0.2) is 92.8 Å². The topological polar surface area (TPSA) is 94.6 Å². The fraction of sp³-hybridized carbons (Fsp3) is 0.500. The third kappa shape index (κ3) is 4.13. The number of likely N-dealkylation sites (tertiary alicyclic amines) is 1. The Morgan fingerprint density at radius 1 is 1.25 bits per heavy atom. The predicted octanol–water partition coefficient (Wildman–Crippen LogP) is 2.73. The van der Waals surface area contributed by atoms with E-state index in [0.717, 1.165) is 28.7 Å². The molecular weight excluding hydrogens is 470 g/mol. The summed E-state index contributed by atoms with van der Waals surface area (Å²) in [7, 11) is 1.55. The van der Waals surface area contributed by atoms with Crippen molar-refractivity contribution in [3.63, 3.8) is 0 Å². The maximum absolute atomic E-state index is 15.0. The fourth-order valence-corrected chi connectivity index (χ4v) is 4.96. The van der Waals surface area contributed by atoms with Crippen molar-refractivity contribution in [1.29, 1.82) is 0 Å². The van der Waals surface area contributed by atoms with Crippen molar-refractivity contribution >= 4 is 22.5 Å². The van der Waals surface area contributed by atoms with Crippen molar-refractivity contribution in [2.75, 3.05) is 45.4 Å². The van der Waals surface area contributed by atoms with Gasteiger partial charge in [-0.1, -0.05) is 11.3 Å². The van der Waals surface area contributed by atoms with Crippen molar-refractivity contribution in [3.05, 3.63) is 30.5 Å². The van der Waals surface area contributed by atoms with Gasteiger partial charge in [-0.05, 0) is 36.6 Å². The van der Waals surface area contributed by atoms with E-state index in [1.54, 1.807) is 16.3 Å². The van der Waals surface area contributed by atoms with Gasteiger partial charge in [0.15, 0.2) is 0 Å². The molecule has 0 aliphatic carbocycles. The monoisotopic (exact) mass is 498 g/mol. The number of ether oxygens (including phenoxy) is 2. The fourth-order valence-electron chi connectivity index (χ4n) is 4.96. The summed E-state index contributed by atoms with van der Waals surface area (Å²) in [4.78, 5) is 6.72. The predicted molar refractivity (Wildman–Crippen MR) is 130 cm³/mol. The summed E-state index contributed by atoms with van der Waals surface area (Å²) in [6, 6.07) is 7.70. The SMILES string of the molecule is COc1nc(N[C@@H]2CCN(C3COC3)C[C@@H]2F)nn2ccc(-c3ccc4nnn(CCCF)c4c3)c12. The van der Waals surface area contributed by atoms with Gasteiger partial charge in [-0.15, -0.1) is 10.2 Å². The molecule has 0 amide bonds. The van der Waals surface area contributed by atoms with E-state index >= 15 is 0 Å². The summed E-state index contributed by atoms with van der Waals surface area (Å²) >= 11 is 0. The molecule has 190 valence electrons. The number of piperidine rings is 1. The number of nitrogens with zero attached hydrogens (tertiary/aromatic N) is 7. The molecule has 2 aliphatic heterocycles. The number of aromatic nitrogens is 6. The van der Waals surface area contributed by atoms with Gasteiger partial charge in [0, 0.05) is 31.4 Å². The van der Waals surface area contributed by atoms with Crippen molar-refractivity contribution in [2.24, 2.45) is 0 Å². The van der Waals surface area contributed by atoms with Gasteiger partial charge in [-0.2, -0.15) is 4.98 Å². The van der Waals surface area contributed by atoms with Crippen molar-refractivity contribution < 1.29 is 18.3 Å². The average Bonchev–Trinajstić information content (AvgIpc) is 3.46. The van der Waals surface area contributed by atoms with Crippen LogP contribution in [0.5, 0.6) is 5.88 Å². The van der Waals surface area contributed by atoms with Gasteiger partial charge < -0.3 is 14.8 Å². The third-order valence-electron chi connectivity index (χ3n) is 7.03. The van der Waals surface area contributed by atoms with Crippen LogP contribution in [0.1, 0.15) is 12.8 Å². The average molecular weight is 499 g/mol. The molecule has 0 radical (unpaired) electrons. The number of rotatable bonds is 8. The number of fused-ring (bicyclic) bond motifs is 2. The second-order valence-corrected chi connectivity index (χ2v) is 9.27. The molecule has 2 saturated heterocycles. The van der Waals surface area contributed by atoms with Crippen molar-refractivity contribution in [1.82, 2.24) is 34.5 Å². The first-order valence-corrected chi connectivity index (χ1v) is 12.2. The molecule has 0 saturated carbocycles. The number of hydrogen-bond donors (Lipinski definition) is 1. The lowest BCUT2D eigenvalue weighted by molar-refractivity contribution is -0.0794. The van der Waals surface area contributed by atoms with Crippen LogP contribution in [0.2, 0.25) is 0 Å². The molecule has 10 nitrogen and oxygen atoms in total. The largest absolute Gasteiger partial charge is 0.479 e. The number of halogens is 2. The Kier molecular flexibility index (Phi) is 6.13. The summed E-state index contributed by atoms with van der Waals surface area (Å²) in [6.45, 7) is 2.59. The Balaban J connectivity index is 1.27. The van der Waals surface area contributed by atoms with E-state index in [1.165, 1.54) is 0 Å². The van der Waals surface area contributed by atoms with Crippen LogP contribution < -0.4 is 10.1 Å². The normalized spacial score (nSPS) is 21.2. The van der Waals surface area contributed by atoms with Gasteiger partial charge >= 0.3 is 0 Å². The lowest BCUT2D eigenvalue weighted by Crippen LogP contribution is -2.57. The number of alkyl halides is 2. The Morgan fingerprint density at radius 3 is 2.89 bits per heavy atom. The molecule has 3 aromatic heterocycles.